The fourth-order valence-corrected chi connectivity index (χ4v) is 5.35. The number of H-pyrrole nitrogens is 1. The predicted molar refractivity (Wildman–Crippen MR) is 175 cm³/mol. The van der Waals surface area contributed by atoms with Crippen molar-refractivity contribution in [2.75, 3.05) is 24.7 Å². The summed E-state index contributed by atoms with van der Waals surface area (Å²) < 4.78 is 40.5. The van der Waals surface area contributed by atoms with E-state index in [1.165, 1.54) is 17.7 Å². The standard InChI is InChI=1S/C35H32F3N7O/c1-4-45-21-30(28-16-17-39-33-29(28)19-31(42-33)23-10-8-22(9-11-23)20-44(2)3)32(43-45)24-6-5-7-27(18-24)41-34(46)40-26-14-12-25(13-15-26)35(36,37)38/h5-19,21H,4,20H2,1-3H3,(H,39,42)(H2,40,41,46). The summed E-state index contributed by atoms with van der Waals surface area (Å²) in [6, 6.07) is 23.5. The highest BCUT2D eigenvalue weighted by Gasteiger charge is 2.30. The Balaban J connectivity index is 1.28. The lowest BCUT2D eigenvalue weighted by Crippen LogP contribution is -2.19. The number of urea groups is 1. The van der Waals surface area contributed by atoms with Gasteiger partial charge in [0, 0.05) is 59.1 Å². The Kier molecular flexibility index (Phi) is 8.33. The van der Waals surface area contributed by atoms with Gasteiger partial charge in [-0.3, -0.25) is 4.68 Å². The van der Waals surface area contributed by atoms with Crippen molar-refractivity contribution >= 4 is 28.4 Å². The van der Waals surface area contributed by atoms with E-state index in [0.29, 0.717) is 12.2 Å². The zero-order valence-electron chi connectivity index (χ0n) is 25.5. The summed E-state index contributed by atoms with van der Waals surface area (Å²) >= 11 is 0. The molecule has 3 aromatic carbocycles. The maximum Gasteiger partial charge on any atom is 0.416 e. The number of rotatable bonds is 8. The number of carbonyl (C=O) groups excluding carboxylic acids is 1. The van der Waals surface area contributed by atoms with Crippen LogP contribution in [0.2, 0.25) is 0 Å². The zero-order valence-corrected chi connectivity index (χ0v) is 25.5. The van der Waals surface area contributed by atoms with Gasteiger partial charge >= 0.3 is 12.2 Å². The third-order valence-electron chi connectivity index (χ3n) is 7.54. The topological polar surface area (TPSA) is 90.9 Å². The molecule has 8 nitrogen and oxygen atoms in total. The lowest BCUT2D eigenvalue weighted by Gasteiger charge is -2.11. The largest absolute Gasteiger partial charge is 0.416 e. The van der Waals surface area contributed by atoms with Crippen LogP contribution in [-0.2, 0) is 19.3 Å². The van der Waals surface area contributed by atoms with Crippen molar-refractivity contribution in [2.45, 2.75) is 26.2 Å². The monoisotopic (exact) mass is 623 g/mol. The predicted octanol–water partition coefficient (Wildman–Crippen LogP) is 8.50. The van der Waals surface area contributed by atoms with Crippen LogP contribution in [0.3, 0.4) is 0 Å². The summed E-state index contributed by atoms with van der Waals surface area (Å²) in [4.78, 5) is 22.9. The third kappa shape index (κ3) is 6.64. The molecule has 0 aliphatic heterocycles. The second-order valence-electron chi connectivity index (χ2n) is 11.2. The van der Waals surface area contributed by atoms with E-state index < -0.39 is 17.8 Å². The maximum absolute atomic E-state index is 12.9. The van der Waals surface area contributed by atoms with E-state index in [4.69, 9.17) is 5.10 Å². The van der Waals surface area contributed by atoms with Gasteiger partial charge in [-0.1, -0.05) is 36.4 Å². The molecule has 46 heavy (non-hydrogen) atoms. The first-order valence-corrected chi connectivity index (χ1v) is 14.7. The molecular weight excluding hydrogens is 591 g/mol. The molecule has 0 atom stereocenters. The minimum absolute atomic E-state index is 0.239. The number of halogens is 3. The van der Waals surface area contributed by atoms with E-state index >= 15 is 0 Å². The molecular formula is C35H32F3N7O. The van der Waals surface area contributed by atoms with Gasteiger partial charge in [-0.05, 0) is 86.2 Å². The average molecular weight is 624 g/mol. The number of benzene rings is 3. The molecule has 3 N–H and O–H groups in total. The first-order chi connectivity index (χ1) is 22.1. The number of hydrogen-bond donors (Lipinski definition) is 3. The molecule has 0 unspecified atom stereocenters. The van der Waals surface area contributed by atoms with Gasteiger partial charge in [0.1, 0.15) is 11.3 Å². The van der Waals surface area contributed by atoms with Gasteiger partial charge in [0.2, 0.25) is 0 Å². The van der Waals surface area contributed by atoms with Crippen LogP contribution in [0.5, 0.6) is 0 Å². The number of hydrogen-bond acceptors (Lipinski definition) is 4. The van der Waals surface area contributed by atoms with Crippen molar-refractivity contribution in [1.29, 1.82) is 0 Å². The van der Waals surface area contributed by atoms with Crippen LogP contribution in [0.25, 0.3) is 44.7 Å². The van der Waals surface area contributed by atoms with Crippen molar-refractivity contribution in [3.63, 3.8) is 0 Å². The van der Waals surface area contributed by atoms with E-state index in [2.05, 4.69) is 55.8 Å². The number of nitrogens with zero attached hydrogens (tertiary/aromatic N) is 4. The quantitative estimate of drug-likeness (QED) is 0.159. The first-order valence-electron chi connectivity index (χ1n) is 14.7. The summed E-state index contributed by atoms with van der Waals surface area (Å²) in [6.07, 6.45) is -0.673. The fourth-order valence-electron chi connectivity index (χ4n) is 5.35. The number of fused-ring (bicyclic) bond motifs is 1. The molecule has 0 radical (unpaired) electrons. The van der Waals surface area contributed by atoms with Crippen LogP contribution in [0, 0.1) is 0 Å². The zero-order chi connectivity index (χ0) is 32.4. The molecule has 6 aromatic rings. The first kappa shape index (κ1) is 30.6. The highest BCUT2D eigenvalue weighted by molar-refractivity contribution is 6.01. The molecule has 0 saturated heterocycles. The lowest BCUT2D eigenvalue weighted by atomic mass is 9.99. The highest BCUT2D eigenvalue weighted by atomic mass is 19.4. The average Bonchev–Trinajstić information content (AvgIpc) is 3.66. The Morgan fingerprint density at radius 1 is 0.891 bits per heavy atom. The minimum atomic E-state index is -4.45. The van der Waals surface area contributed by atoms with Crippen LogP contribution in [-0.4, -0.2) is 44.8 Å². The van der Waals surface area contributed by atoms with Gasteiger partial charge in [0.25, 0.3) is 0 Å². The van der Waals surface area contributed by atoms with Crippen LogP contribution in [0.4, 0.5) is 29.3 Å². The summed E-state index contributed by atoms with van der Waals surface area (Å²) in [5, 5.41) is 11.2. The van der Waals surface area contributed by atoms with E-state index in [9.17, 15) is 18.0 Å². The van der Waals surface area contributed by atoms with Crippen LogP contribution < -0.4 is 10.6 Å². The molecule has 0 aliphatic carbocycles. The van der Waals surface area contributed by atoms with Gasteiger partial charge in [0.05, 0.1) is 5.56 Å². The number of carbonyl (C=O) groups is 1. The van der Waals surface area contributed by atoms with Crippen molar-refractivity contribution < 1.29 is 18.0 Å². The maximum atomic E-state index is 12.9. The number of aromatic nitrogens is 4. The van der Waals surface area contributed by atoms with Gasteiger partial charge in [-0.15, -0.1) is 0 Å². The fraction of sp³-hybridized carbons (Fsp3) is 0.171. The minimum Gasteiger partial charge on any atom is -0.339 e. The van der Waals surface area contributed by atoms with E-state index in [-0.39, 0.29) is 5.69 Å². The Labute approximate surface area is 263 Å². The van der Waals surface area contributed by atoms with Crippen molar-refractivity contribution in [1.82, 2.24) is 24.6 Å². The van der Waals surface area contributed by atoms with E-state index in [1.54, 1.807) is 12.3 Å². The van der Waals surface area contributed by atoms with Crippen LogP contribution >= 0.6 is 0 Å². The second-order valence-corrected chi connectivity index (χ2v) is 11.2. The SMILES string of the molecule is CCn1cc(-c2ccnc3[nH]c(-c4ccc(CN(C)C)cc4)cc23)c(-c2cccc(NC(=O)Nc3ccc(C(F)(F)F)cc3)c2)n1. The Hall–Kier alpha value is -5.42. The molecule has 2 amide bonds. The molecule has 0 aliphatic rings. The van der Waals surface area contributed by atoms with E-state index in [0.717, 1.165) is 63.4 Å². The second kappa shape index (κ2) is 12.5. The van der Waals surface area contributed by atoms with Gasteiger partial charge < -0.3 is 20.5 Å². The van der Waals surface area contributed by atoms with Crippen LogP contribution in [0.1, 0.15) is 18.1 Å². The number of aryl methyl sites for hydroxylation is 1. The summed E-state index contributed by atoms with van der Waals surface area (Å²) in [7, 11) is 4.09. The van der Waals surface area contributed by atoms with Crippen molar-refractivity contribution in [3.8, 4) is 33.6 Å². The van der Waals surface area contributed by atoms with Crippen molar-refractivity contribution in [3.05, 3.63) is 108 Å². The molecule has 11 heteroatoms. The van der Waals surface area contributed by atoms with E-state index in [1.807, 2.05) is 56.2 Å². The smallest absolute Gasteiger partial charge is 0.339 e. The molecule has 234 valence electrons. The number of anilines is 2. The molecule has 0 saturated carbocycles. The summed E-state index contributed by atoms with van der Waals surface area (Å²) in [5.41, 5.74) is 7.35. The summed E-state index contributed by atoms with van der Waals surface area (Å²) in [5.74, 6) is 0. The lowest BCUT2D eigenvalue weighted by molar-refractivity contribution is -0.137. The molecule has 3 aromatic heterocycles. The number of pyridine rings is 1. The summed E-state index contributed by atoms with van der Waals surface area (Å²) in [6.45, 7) is 3.54. The normalized spacial score (nSPS) is 11.7. The molecule has 0 fully saturated rings. The van der Waals surface area contributed by atoms with Crippen molar-refractivity contribution in [2.24, 2.45) is 0 Å². The highest BCUT2D eigenvalue weighted by Crippen LogP contribution is 2.37. The Morgan fingerprint density at radius 3 is 2.33 bits per heavy atom. The number of aromatic amines is 1. The molecule has 0 spiro atoms. The van der Waals surface area contributed by atoms with Crippen LogP contribution in [0.15, 0.2) is 97.3 Å². The van der Waals surface area contributed by atoms with Gasteiger partial charge in [-0.25, -0.2) is 9.78 Å². The molecule has 0 bridgehead atoms. The third-order valence-corrected chi connectivity index (χ3v) is 7.54. The van der Waals surface area contributed by atoms with Gasteiger partial charge in [-0.2, -0.15) is 18.3 Å². The molecule has 3 heterocycles. The number of amides is 2. The molecule has 6 rings (SSSR count). The number of nitrogens with one attached hydrogen (secondary N) is 3. The Bertz CT molecular complexity index is 1990. The van der Waals surface area contributed by atoms with Gasteiger partial charge in [0.15, 0.2) is 0 Å². The number of alkyl halides is 3. The Morgan fingerprint density at radius 2 is 1.63 bits per heavy atom.